The highest BCUT2D eigenvalue weighted by Gasteiger charge is 2.40. The van der Waals surface area contributed by atoms with Crippen LogP contribution >= 0.6 is 0 Å². The number of rotatable bonds is 4. The van der Waals surface area contributed by atoms with E-state index < -0.39 is 22.8 Å². The van der Waals surface area contributed by atoms with Crippen molar-refractivity contribution in [3.63, 3.8) is 0 Å². The number of carboxylic acids is 1. The molecular weight excluding hydrogens is 263 g/mol. The fourth-order valence-electron chi connectivity index (χ4n) is 2.68. The Balaban J connectivity index is 2.28. The van der Waals surface area contributed by atoms with Crippen molar-refractivity contribution in [3.8, 4) is 0 Å². The summed E-state index contributed by atoms with van der Waals surface area (Å²) in [4.78, 5) is 23.4. The molecular formula is C14H17FN2O3. The molecule has 1 aliphatic rings. The lowest BCUT2D eigenvalue weighted by molar-refractivity contribution is -0.124. The largest absolute Gasteiger partial charge is 0.478 e. The lowest BCUT2D eigenvalue weighted by atomic mass is 9.85. The van der Waals surface area contributed by atoms with Gasteiger partial charge in [-0.2, -0.15) is 0 Å². The van der Waals surface area contributed by atoms with Crippen LogP contribution in [0.2, 0.25) is 0 Å². The third-order valence-electron chi connectivity index (χ3n) is 3.91. The molecule has 0 aromatic heterocycles. The Morgan fingerprint density at radius 3 is 2.55 bits per heavy atom. The van der Waals surface area contributed by atoms with Crippen LogP contribution in [-0.2, 0) is 4.79 Å². The van der Waals surface area contributed by atoms with Crippen molar-refractivity contribution < 1.29 is 19.1 Å². The van der Waals surface area contributed by atoms with Crippen LogP contribution in [0.5, 0.6) is 0 Å². The van der Waals surface area contributed by atoms with E-state index in [0.29, 0.717) is 12.8 Å². The van der Waals surface area contributed by atoms with E-state index in [1.54, 1.807) is 0 Å². The number of amides is 1. The van der Waals surface area contributed by atoms with Gasteiger partial charge >= 0.3 is 5.97 Å². The zero-order valence-corrected chi connectivity index (χ0v) is 11.0. The zero-order valence-electron chi connectivity index (χ0n) is 11.0. The number of halogens is 1. The van der Waals surface area contributed by atoms with Gasteiger partial charge in [-0.05, 0) is 25.0 Å². The number of benzene rings is 1. The maximum Gasteiger partial charge on any atom is 0.340 e. The minimum Gasteiger partial charge on any atom is -0.478 e. The minimum absolute atomic E-state index is 0.0257. The molecule has 1 saturated carbocycles. The summed E-state index contributed by atoms with van der Waals surface area (Å²) < 4.78 is 13.5. The number of carbonyl (C=O) groups excluding carboxylic acids is 1. The van der Waals surface area contributed by atoms with Gasteiger partial charge in [0.2, 0.25) is 5.91 Å². The SMILES string of the molecule is NCC1(C(=O)Nc2cccc(F)c2C(=O)O)CCCC1. The molecule has 2 rings (SSSR count). The number of hydrogen-bond donors (Lipinski definition) is 3. The van der Waals surface area contributed by atoms with Crippen molar-refractivity contribution in [1.82, 2.24) is 0 Å². The van der Waals surface area contributed by atoms with Crippen LogP contribution < -0.4 is 11.1 Å². The fraction of sp³-hybridized carbons (Fsp3) is 0.429. The van der Waals surface area contributed by atoms with E-state index in [2.05, 4.69) is 5.32 Å². The molecule has 20 heavy (non-hydrogen) atoms. The second-order valence-electron chi connectivity index (χ2n) is 5.11. The fourth-order valence-corrected chi connectivity index (χ4v) is 2.68. The molecule has 1 amide bonds. The maximum atomic E-state index is 13.5. The van der Waals surface area contributed by atoms with Gasteiger partial charge in [0.05, 0.1) is 11.1 Å². The first-order valence-electron chi connectivity index (χ1n) is 6.53. The molecule has 0 heterocycles. The van der Waals surface area contributed by atoms with Crippen LogP contribution in [0, 0.1) is 11.2 Å². The smallest absolute Gasteiger partial charge is 0.340 e. The van der Waals surface area contributed by atoms with E-state index in [-0.39, 0.29) is 18.1 Å². The van der Waals surface area contributed by atoms with Crippen LogP contribution in [0.4, 0.5) is 10.1 Å². The summed E-state index contributed by atoms with van der Waals surface area (Å²) in [5.74, 6) is -2.61. The molecule has 6 heteroatoms. The third kappa shape index (κ3) is 2.51. The van der Waals surface area contributed by atoms with Gasteiger partial charge in [-0.1, -0.05) is 18.9 Å². The van der Waals surface area contributed by atoms with Gasteiger partial charge in [-0.25, -0.2) is 9.18 Å². The lowest BCUT2D eigenvalue weighted by Gasteiger charge is -2.26. The van der Waals surface area contributed by atoms with Crippen LogP contribution in [0.15, 0.2) is 18.2 Å². The van der Waals surface area contributed by atoms with E-state index in [1.165, 1.54) is 12.1 Å². The molecule has 5 nitrogen and oxygen atoms in total. The van der Waals surface area contributed by atoms with Gasteiger partial charge in [0.1, 0.15) is 11.4 Å². The average molecular weight is 280 g/mol. The molecule has 0 radical (unpaired) electrons. The molecule has 0 bridgehead atoms. The number of carbonyl (C=O) groups is 2. The Morgan fingerprint density at radius 2 is 2.00 bits per heavy atom. The number of carboxylic acid groups (broad SMARTS) is 1. The molecule has 0 aliphatic heterocycles. The van der Waals surface area contributed by atoms with Crippen molar-refractivity contribution >= 4 is 17.6 Å². The molecule has 1 aliphatic carbocycles. The molecule has 0 spiro atoms. The Hall–Kier alpha value is -1.95. The van der Waals surface area contributed by atoms with Crippen molar-refractivity contribution in [2.45, 2.75) is 25.7 Å². The van der Waals surface area contributed by atoms with Gasteiger partial charge in [-0.15, -0.1) is 0 Å². The highest BCUT2D eigenvalue weighted by atomic mass is 19.1. The van der Waals surface area contributed by atoms with Gasteiger partial charge < -0.3 is 16.2 Å². The quantitative estimate of drug-likeness (QED) is 0.786. The number of hydrogen-bond acceptors (Lipinski definition) is 3. The predicted molar refractivity (Wildman–Crippen MR) is 71.9 cm³/mol. The molecule has 4 N–H and O–H groups in total. The first-order chi connectivity index (χ1) is 9.50. The van der Waals surface area contributed by atoms with Crippen LogP contribution in [-0.4, -0.2) is 23.5 Å². The topological polar surface area (TPSA) is 92.4 Å². The van der Waals surface area contributed by atoms with Gasteiger partial charge in [0.15, 0.2) is 0 Å². The van der Waals surface area contributed by atoms with Crippen molar-refractivity contribution in [1.29, 1.82) is 0 Å². The molecule has 108 valence electrons. The summed E-state index contributed by atoms with van der Waals surface area (Å²) in [5.41, 5.74) is 4.49. The second kappa shape index (κ2) is 5.58. The summed E-state index contributed by atoms with van der Waals surface area (Å²) in [6, 6.07) is 3.79. The maximum absolute atomic E-state index is 13.5. The van der Waals surface area contributed by atoms with E-state index in [1.807, 2.05) is 0 Å². The first kappa shape index (κ1) is 14.5. The Kier molecular flexibility index (Phi) is 4.04. The summed E-state index contributed by atoms with van der Waals surface area (Å²) >= 11 is 0. The summed E-state index contributed by atoms with van der Waals surface area (Å²) in [6.07, 6.45) is 3.18. The monoisotopic (exact) mass is 280 g/mol. The van der Waals surface area contributed by atoms with Gasteiger partial charge in [-0.3, -0.25) is 4.79 Å². The zero-order chi connectivity index (χ0) is 14.8. The third-order valence-corrected chi connectivity index (χ3v) is 3.91. The van der Waals surface area contributed by atoms with Crippen LogP contribution in [0.1, 0.15) is 36.0 Å². The minimum atomic E-state index is -1.41. The highest BCUT2D eigenvalue weighted by Crippen LogP contribution is 2.38. The number of nitrogens with one attached hydrogen (secondary N) is 1. The summed E-state index contributed by atoms with van der Waals surface area (Å²) in [5, 5.41) is 11.6. The summed E-state index contributed by atoms with van der Waals surface area (Å²) in [6.45, 7) is 0.205. The van der Waals surface area contributed by atoms with Crippen molar-refractivity contribution in [2.24, 2.45) is 11.1 Å². The molecule has 0 saturated heterocycles. The Labute approximate surface area is 116 Å². The average Bonchev–Trinajstić information content (AvgIpc) is 2.88. The molecule has 0 atom stereocenters. The molecule has 0 unspecified atom stereocenters. The van der Waals surface area contributed by atoms with E-state index >= 15 is 0 Å². The van der Waals surface area contributed by atoms with E-state index in [0.717, 1.165) is 18.9 Å². The van der Waals surface area contributed by atoms with Crippen molar-refractivity contribution in [2.75, 3.05) is 11.9 Å². The highest BCUT2D eigenvalue weighted by molar-refractivity contribution is 6.02. The van der Waals surface area contributed by atoms with Crippen LogP contribution in [0.3, 0.4) is 0 Å². The lowest BCUT2D eigenvalue weighted by Crippen LogP contribution is -2.40. The molecule has 1 aromatic carbocycles. The standard InChI is InChI=1S/C14H17FN2O3/c15-9-4-3-5-10(11(9)12(18)19)17-13(20)14(8-16)6-1-2-7-14/h3-5H,1-2,6-8,16H2,(H,17,20)(H,18,19). The number of aromatic carboxylic acids is 1. The predicted octanol–water partition coefficient (Wildman–Crippen LogP) is 1.98. The van der Waals surface area contributed by atoms with Crippen molar-refractivity contribution in [3.05, 3.63) is 29.6 Å². The van der Waals surface area contributed by atoms with E-state index in [4.69, 9.17) is 10.8 Å². The summed E-state index contributed by atoms with van der Waals surface area (Å²) in [7, 11) is 0. The van der Waals surface area contributed by atoms with Crippen LogP contribution in [0.25, 0.3) is 0 Å². The van der Waals surface area contributed by atoms with Gasteiger partial charge in [0.25, 0.3) is 0 Å². The normalized spacial score (nSPS) is 16.9. The Morgan fingerprint density at radius 1 is 1.35 bits per heavy atom. The number of anilines is 1. The number of nitrogens with two attached hydrogens (primary N) is 1. The Bertz CT molecular complexity index is 539. The second-order valence-corrected chi connectivity index (χ2v) is 5.11. The first-order valence-corrected chi connectivity index (χ1v) is 6.53. The van der Waals surface area contributed by atoms with Gasteiger partial charge in [0, 0.05) is 6.54 Å². The molecule has 1 aromatic rings. The molecule has 1 fully saturated rings. The van der Waals surface area contributed by atoms with E-state index in [9.17, 15) is 14.0 Å².